The summed E-state index contributed by atoms with van der Waals surface area (Å²) in [4.78, 5) is 22.6. The molecule has 0 saturated heterocycles. The zero-order valence-electron chi connectivity index (χ0n) is 12.1. The lowest BCUT2D eigenvalue weighted by Crippen LogP contribution is -2.40. The minimum atomic E-state index is -0.828. The Kier molecular flexibility index (Phi) is 4.57. The number of nitrogens with one attached hydrogen (secondary N) is 1. The molecule has 1 amide bonds. The molecule has 6 nitrogen and oxygen atoms in total. The van der Waals surface area contributed by atoms with Gasteiger partial charge in [0.1, 0.15) is 0 Å². The molecule has 0 unspecified atom stereocenters. The normalized spacial score (nSPS) is 16.7. The molecule has 6 heteroatoms. The number of hydrogen-bond acceptors (Lipinski definition) is 4. The van der Waals surface area contributed by atoms with Crippen molar-refractivity contribution in [3.8, 4) is 0 Å². The van der Waals surface area contributed by atoms with Gasteiger partial charge in [0, 0.05) is 23.7 Å². The molecule has 0 aromatic heterocycles. The van der Waals surface area contributed by atoms with Crippen molar-refractivity contribution in [2.45, 2.75) is 44.6 Å². The second-order valence-corrected chi connectivity index (χ2v) is 5.57. The Morgan fingerprint density at radius 2 is 2.10 bits per heavy atom. The van der Waals surface area contributed by atoms with Crippen molar-refractivity contribution in [2.24, 2.45) is 0 Å². The SMILES string of the molecule is CCc1ccc(C(=O)NCC2(O)CCCC2)cc1[N+](=O)[O-]. The third-order valence-corrected chi connectivity index (χ3v) is 4.04. The van der Waals surface area contributed by atoms with Crippen molar-refractivity contribution in [1.29, 1.82) is 0 Å². The summed E-state index contributed by atoms with van der Waals surface area (Å²) in [5.41, 5.74) is -0.0125. The summed E-state index contributed by atoms with van der Waals surface area (Å²) in [6.45, 7) is 2.02. The molecule has 0 atom stereocenters. The van der Waals surface area contributed by atoms with Gasteiger partial charge in [0.2, 0.25) is 0 Å². The lowest BCUT2D eigenvalue weighted by molar-refractivity contribution is -0.385. The zero-order valence-corrected chi connectivity index (χ0v) is 12.1. The lowest BCUT2D eigenvalue weighted by Gasteiger charge is -2.22. The van der Waals surface area contributed by atoms with E-state index in [9.17, 15) is 20.0 Å². The van der Waals surface area contributed by atoms with Gasteiger partial charge in [-0.2, -0.15) is 0 Å². The lowest BCUT2D eigenvalue weighted by atomic mass is 10.0. The Labute approximate surface area is 123 Å². The van der Waals surface area contributed by atoms with E-state index in [0.717, 1.165) is 12.8 Å². The van der Waals surface area contributed by atoms with Crippen molar-refractivity contribution >= 4 is 11.6 Å². The van der Waals surface area contributed by atoms with Gasteiger partial charge in [-0.05, 0) is 25.3 Å². The maximum absolute atomic E-state index is 12.1. The van der Waals surface area contributed by atoms with Crippen molar-refractivity contribution in [1.82, 2.24) is 5.32 Å². The van der Waals surface area contributed by atoms with Crippen LogP contribution >= 0.6 is 0 Å². The van der Waals surface area contributed by atoms with Crippen LogP contribution in [0.5, 0.6) is 0 Å². The predicted molar refractivity (Wildman–Crippen MR) is 78.2 cm³/mol. The first-order valence-electron chi connectivity index (χ1n) is 7.23. The third-order valence-electron chi connectivity index (χ3n) is 4.04. The van der Waals surface area contributed by atoms with Crippen LogP contribution in [-0.2, 0) is 6.42 Å². The summed E-state index contributed by atoms with van der Waals surface area (Å²) in [6.07, 6.45) is 3.83. The van der Waals surface area contributed by atoms with E-state index in [1.54, 1.807) is 12.1 Å². The van der Waals surface area contributed by atoms with Crippen LogP contribution in [0.1, 0.15) is 48.5 Å². The number of nitrogens with zero attached hydrogens (tertiary/aromatic N) is 1. The predicted octanol–water partition coefficient (Wildman–Crippen LogP) is 2.19. The molecule has 114 valence electrons. The molecule has 1 aliphatic carbocycles. The van der Waals surface area contributed by atoms with Crippen LogP contribution in [0.15, 0.2) is 18.2 Å². The first kappa shape index (κ1) is 15.4. The number of nitro groups is 1. The molecule has 0 radical (unpaired) electrons. The van der Waals surface area contributed by atoms with Crippen molar-refractivity contribution < 1.29 is 14.8 Å². The fourth-order valence-corrected chi connectivity index (χ4v) is 2.73. The highest BCUT2D eigenvalue weighted by molar-refractivity contribution is 5.95. The van der Waals surface area contributed by atoms with Gasteiger partial charge in [-0.1, -0.05) is 25.8 Å². The summed E-state index contributed by atoms with van der Waals surface area (Å²) in [5, 5.41) is 23.9. The molecule has 1 aliphatic rings. The second kappa shape index (κ2) is 6.22. The number of nitro benzene ring substituents is 1. The van der Waals surface area contributed by atoms with E-state index in [1.165, 1.54) is 6.07 Å². The molecule has 1 aromatic rings. The Bertz CT molecular complexity index is 551. The Balaban J connectivity index is 2.08. The van der Waals surface area contributed by atoms with E-state index in [4.69, 9.17) is 0 Å². The smallest absolute Gasteiger partial charge is 0.273 e. The van der Waals surface area contributed by atoms with Gasteiger partial charge in [0.05, 0.1) is 10.5 Å². The maximum atomic E-state index is 12.1. The summed E-state index contributed by atoms with van der Waals surface area (Å²) in [6, 6.07) is 4.49. The van der Waals surface area contributed by atoms with E-state index >= 15 is 0 Å². The van der Waals surface area contributed by atoms with Crippen molar-refractivity contribution in [2.75, 3.05) is 6.54 Å². The van der Waals surface area contributed by atoms with Crippen LogP contribution in [-0.4, -0.2) is 28.1 Å². The number of benzene rings is 1. The van der Waals surface area contributed by atoms with Crippen LogP contribution < -0.4 is 5.32 Å². The number of carbonyl (C=O) groups excluding carboxylic acids is 1. The second-order valence-electron chi connectivity index (χ2n) is 5.57. The third kappa shape index (κ3) is 3.58. The highest BCUT2D eigenvalue weighted by atomic mass is 16.6. The molecule has 21 heavy (non-hydrogen) atoms. The number of aryl methyl sites for hydroxylation is 1. The molecule has 2 N–H and O–H groups in total. The maximum Gasteiger partial charge on any atom is 0.273 e. The van der Waals surface area contributed by atoms with Crippen LogP contribution in [0.25, 0.3) is 0 Å². The molecule has 0 aliphatic heterocycles. The van der Waals surface area contributed by atoms with Gasteiger partial charge >= 0.3 is 0 Å². The fourth-order valence-electron chi connectivity index (χ4n) is 2.73. The summed E-state index contributed by atoms with van der Waals surface area (Å²) in [7, 11) is 0. The van der Waals surface area contributed by atoms with Crippen LogP contribution in [0.2, 0.25) is 0 Å². The van der Waals surface area contributed by atoms with Crippen LogP contribution in [0.3, 0.4) is 0 Å². The van der Waals surface area contributed by atoms with E-state index in [-0.39, 0.29) is 23.7 Å². The number of hydrogen-bond donors (Lipinski definition) is 2. The minimum Gasteiger partial charge on any atom is -0.388 e. The molecule has 2 rings (SSSR count). The van der Waals surface area contributed by atoms with Gasteiger partial charge in [-0.3, -0.25) is 14.9 Å². The largest absolute Gasteiger partial charge is 0.388 e. The molecule has 1 fully saturated rings. The Morgan fingerprint density at radius 3 is 2.67 bits per heavy atom. The molecule has 0 bridgehead atoms. The first-order chi connectivity index (χ1) is 9.95. The highest BCUT2D eigenvalue weighted by Gasteiger charge is 2.31. The van der Waals surface area contributed by atoms with Crippen LogP contribution in [0, 0.1) is 10.1 Å². The monoisotopic (exact) mass is 292 g/mol. The summed E-state index contributed by atoms with van der Waals surface area (Å²) >= 11 is 0. The minimum absolute atomic E-state index is 0.0373. The molecule has 1 aromatic carbocycles. The zero-order chi connectivity index (χ0) is 15.5. The fraction of sp³-hybridized carbons (Fsp3) is 0.533. The number of rotatable bonds is 5. The highest BCUT2D eigenvalue weighted by Crippen LogP contribution is 2.28. The average Bonchev–Trinajstić information content (AvgIpc) is 2.91. The number of amides is 1. The van der Waals surface area contributed by atoms with Gasteiger partial charge in [-0.15, -0.1) is 0 Å². The number of carbonyl (C=O) groups is 1. The molecular weight excluding hydrogens is 272 g/mol. The molecular formula is C15H20N2O4. The first-order valence-corrected chi connectivity index (χ1v) is 7.23. The van der Waals surface area contributed by atoms with Gasteiger partial charge < -0.3 is 10.4 Å². The molecule has 0 heterocycles. The van der Waals surface area contributed by atoms with Crippen molar-refractivity contribution in [3.05, 3.63) is 39.4 Å². The number of aliphatic hydroxyl groups is 1. The molecule has 1 saturated carbocycles. The van der Waals surface area contributed by atoms with Crippen molar-refractivity contribution in [3.63, 3.8) is 0 Å². The van der Waals surface area contributed by atoms with E-state index in [0.29, 0.717) is 24.8 Å². The summed E-state index contributed by atoms with van der Waals surface area (Å²) < 4.78 is 0. The van der Waals surface area contributed by atoms with E-state index in [2.05, 4.69) is 5.32 Å². The Morgan fingerprint density at radius 1 is 1.43 bits per heavy atom. The quantitative estimate of drug-likeness (QED) is 0.642. The average molecular weight is 292 g/mol. The van der Waals surface area contributed by atoms with Crippen LogP contribution in [0.4, 0.5) is 5.69 Å². The van der Waals surface area contributed by atoms with E-state index in [1.807, 2.05) is 6.92 Å². The van der Waals surface area contributed by atoms with Gasteiger partial charge in [0.15, 0.2) is 0 Å². The topological polar surface area (TPSA) is 92.5 Å². The summed E-state index contributed by atoms with van der Waals surface area (Å²) in [5.74, 6) is -0.388. The molecule has 0 spiro atoms. The van der Waals surface area contributed by atoms with Gasteiger partial charge in [0.25, 0.3) is 11.6 Å². The van der Waals surface area contributed by atoms with E-state index < -0.39 is 10.5 Å². The standard InChI is InChI=1S/C15H20N2O4/c1-2-11-5-6-12(9-13(11)17(20)21)14(18)16-10-15(19)7-3-4-8-15/h5-6,9,19H,2-4,7-8,10H2,1H3,(H,16,18). The van der Waals surface area contributed by atoms with Gasteiger partial charge in [-0.25, -0.2) is 0 Å². The Hall–Kier alpha value is -1.95.